The van der Waals surface area contributed by atoms with Gasteiger partial charge >= 0.3 is 6.03 Å². The summed E-state index contributed by atoms with van der Waals surface area (Å²) in [5, 5.41) is 17.8. The zero-order valence-electron chi connectivity index (χ0n) is 25.6. The molecule has 9 heteroatoms. The molecule has 1 aliphatic heterocycles. The number of benzene rings is 4. The fourth-order valence-corrected chi connectivity index (χ4v) is 5.58. The summed E-state index contributed by atoms with van der Waals surface area (Å²) in [5.74, 6) is 0.793. The van der Waals surface area contributed by atoms with Crippen LogP contribution in [0.4, 0.5) is 16.2 Å². The molecule has 3 N–H and O–H groups in total. The Morgan fingerprint density at radius 2 is 1.70 bits per heavy atom. The minimum atomic E-state index is -0.449. The molecule has 0 radical (unpaired) electrons. The SMILES string of the molecule is COc1ccc(CN(C)C[C@@H]2Oc3c(NC(=O)Nc4cccc5ccccc45)cccc3C(=O)N([C@@H](C)CO)C[C@@H]2C)cc1. The number of ether oxygens (including phenoxy) is 2. The lowest BCUT2D eigenvalue weighted by Crippen LogP contribution is -2.49. The van der Waals surface area contributed by atoms with Crippen LogP contribution in [0.5, 0.6) is 11.5 Å². The lowest BCUT2D eigenvalue weighted by atomic mass is 9.99. The van der Waals surface area contributed by atoms with Crippen molar-refractivity contribution in [3.63, 3.8) is 0 Å². The molecule has 4 aromatic carbocycles. The standard InChI is InChI=1S/C35H40N4O5/c1-23-19-39(24(2)22-40)34(41)29-12-8-14-31(37-35(42)36-30-13-7-10-26-9-5-6-11-28(26)30)33(29)44-32(23)21-38(3)20-25-15-17-27(43-4)18-16-25/h5-18,23-24,32,40H,19-22H2,1-4H3,(H2,36,37,42)/t23-,24-,32-/m0/s1. The number of methoxy groups -OCH3 is 1. The van der Waals surface area contributed by atoms with Crippen LogP contribution in [0.2, 0.25) is 0 Å². The summed E-state index contributed by atoms with van der Waals surface area (Å²) in [4.78, 5) is 31.0. The molecule has 3 amide bonds. The highest BCUT2D eigenvalue weighted by Gasteiger charge is 2.34. The summed E-state index contributed by atoms with van der Waals surface area (Å²) >= 11 is 0. The van der Waals surface area contributed by atoms with Gasteiger partial charge in [0.15, 0.2) is 5.75 Å². The number of fused-ring (bicyclic) bond motifs is 2. The average molecular weight is 597 g/mol. The number of urea groups is 1. The summed E-state index contributed by atoms with van der Waals surface area (Å²) in [6.45, 7) is 5.38. The topological polar surface area (TPSA) is 103 Å². The molecule has 5 rings (SSSR count). The van der Waals surface area contributed by atoms with Gasteiger partial charge in [0.1, 0.15) is 11.9 Å². The van der Waals surface area contributed by atoms with Gasteiger partial charge in [-0.05, 0) is 55.3 Å². The number of hydrogen-bond donors (Lipinski definition) is 3. The minimum Gasteiger partial charge on any atom is -0.497 e. The molecular formula is C35H40N4O5. The molecule has 0 spiro atoms. The van der Waals surface area contributed by atoms with Crippen molar-refractivity contribution in [3.05, 3.63) is 96.1 Å². The van der Waals surface area contributed by atoms with Crippen LogP contribution in [-0.2, 0) is 6.54 Å². The van der Waals surface area contributed by atoms with E-state index in [-0.39, 0.29) is 30.6 Å². The van der Waals surface area contributed by atoms with E-state index in [1.807, 2.05) is 87.6 Å². The van der Waals surface area contributed by atoms with Gasteiger partial charge < -0.3 is 30.1 Å². The van der Waals surface area contributed by atoms with E-state index in [4.69, 9.17) is 9.47 Å². The first-order valence-corrected chi connectivity index (χ1v) is 14.9. The normalized spacial score (nSPS) is 17.3. The highest BCUT2D eigenvalue weighted by molar-refractivity contribution is 6.08. The van der Waals surface area contributed by atoms with E-state index >= 15 is 0 Å². The van der Waals surface area contributed by atoms with Crippen molar-refractivity contribution < 1.29 is 24.2 Å². The fourth-order valence-electron chi connectivity index (χ4n) is 5.58. The van der Waals surface area contributed by atoms with Crippen LogP contribution >= 0.6 is 0 Å². The average Bonchev–Trinajstić information content (AvgIpc) is 3.03. The van der Waals surface area contributed by atoms with E-state index in [1.54, 1.807) is 30.2 Å². The zero-order chi connectivity index (χ0) is 31.2. The zero-order valence-corrected chi connectivity index (χ0v) is 25.6. The number of para-hydroxylation sites is 1. The van der Waals surface area contributed by atoms with Crippen molar-refractivity contribution in [2.45, 2.75) is 32.5 Å². The second kappa shape index (κ2) is 13.8. The number of aliphatic hydroxyl groups is 1. The van der Waals surface area contributed by atoms with Gasteiger partial charge in [-0.2, -0.15) is 0 Å². The molecule has 9 nitrogen and oxygen atoms in total. The van der Waals surface area contributed by atoms with Gasteiger partial charge in [-0.1, -0.05) is 61.5 Å². The monoisotopic (exact) mass is 596 g/mol. The number of hydrogen-bond acceptors (Lipinski definition) is 6. The smallest absolute Gasteiger partial charge is 0.323 e. The summed E-state index contributed by atoms with van der Waals surface area (Å²) < 4.78 is 12.0. The number of carbonyl (C=O) groups is 2. The first-order valence-electron chi connectivity index (χ1n) is 14.9. The molecule has 4 aromatic rings. The van der Waals surface area contributed by atoms with E-state index in [9.17, 15) is 14.7 Å². The van der Waals surface area contributed by atoms with Gasteiger partial charge in [0.2, 0.25) is 0 Å². The molecule has 44 heavy (non-hydrogen) atoms. The lowest BCUT2D eigenvalue weighted by molar-refractivity contribution is 0.0343. The summed E-state index contributed by atoms with van der Waals surface area (Å²) in [6, 6.07) is 25.8. The van der Waals surface area contributed by atoms with Crippen LogP contribution in [0, 0.1) is 5.92 Å². The number of rotatable bonds is 9. The first kappa shape index (κ1) is 30.8. The minimum absolute atomic E-state index is 0.0722. The van der Waals surface area contributed by atoms with Crippen LogP contribution in [0.1, 0.15) is 29.8 Å². The third-order valence-electron chi connectivity index (χ3n) is 8.08. The van der Waals surface area contributed by atoms with Crippen molar-refractivity contribution in [1.82, 2.24) is 9.80 Å². The van der Waals surface area contributed by atoms with Crippen LogP contribution in [0.15, 0.2) is 84.9 Å². The Kier molecular flexibility index (Phi) is 9.67. The van der Waals surface area contributed by atoms with Gasteiger partial charge in [0.25, 0.3) is 5.91 Å². The quantitative estimate of drug-likeness (QED) is 0.224. The van der Waals surface area contributed by atoms with Crippen molar-refractivity contribution in [2.24, 2.45) is 5.92 Å². The Hall–Kier alpha value is -4.60. The Balaban J connectivity index is 1.42. The van der Waals surface area contributed by atoms with E-state index in [2.05, 4.69) is 15.5 Å². The molecule has 0 saturated heterocycles. The summed E-state index contributed by atoms with van der Waals surface area (Å²) in [7, 11) is 3.68. The Morgan fingerprint density at radius 3 is 2.45 bits per heavy atom. The van der Waals surface area contributed by atoms with E-state index in [1.165, 1.54) is 0 Å². The second-order valence-electron chi connectivity index (χ2n) is 11.5. The van der Waals surface area contributed by atoms with Crippen molar-refractivity contribution in [3.8, 4) is 11.5 Å². The van der Waals surface area contributed by atoms with Crippen molar-refractivity contribution in [2.75, 3.05) is 44.5 Å². The summed E-state index contributed by atoms with van der Waals surface area (Å²) in [5.41, 5.74) is 2.53. The number of amides is 3. The maximum absolute atomic E-state index is 13.8. The Labute approximate surface area is 258 Å². The van der Waals surface area contributed by atoms with Gasteiger partial charge in [-0.25, -0.2) is 4.79 Å². The van der Waals surface area contributed by atoms with Gasteiger partial charge in [0.05, 0.1) is 36.7 Å². The number of likely N-dealkylation sites (N-methyl/N-ethyl adjacent to an activating group) is 1. The van der Waals surface area contributed by atoms with E-state index in [0.29, 0.717) is 42.3 Å². The molecular weight excluding hydrogens is 556 g/mol. The van der Waals surface area contributed by atoms with Crippen molar-refractivity contribution in [1.29, 1.82) is 0 Å². The first-order chi connectivity index (χ1) is 21.3. The number of aliphatic hydroxyl groups excluding tert-OH is 1. The maximum atomic E-state index is 13.8. The van der Waals surface area contributed by atoms with Crippen LogP contribution in [0.25, 0.3) is 10.8 Å². The molecule has 0 aliphatic carbocycles. The molecule has 1 heterocycles. The predicted molar refractivity (Wildman–Crippen MR) is 174 cm³/mol. The highest BCUT2D eigenvalue weighted by atomic mass is 16.5. The lowest BCUT2D eigenvalue weighted by Gasteiger charge is -2.38. The van der Waals surface area contributed by atoms with Gasteiger partial charge in [-0.15, -0.1) is 0 Å². The van der Waals surface area contributed by atoms with E-state index < -0.39 is 6.03 Å². The van der Waals surface area contributed by atoms with Crippen LogP contribution in [-0.4, -0.2) is 72.8 Å². The predicted octanol–water partition coefficient (Wildman–Crippen LogP) is 5.84. The largest absolute Gasteiger partial charge is 0.497 e. The van der Waals surface area contributed by atoms with Crippen LogP contribution in [0.3, 0.4) is 0 Å². The van der Waals surface area contributed by atoms with Gasteiger partial charge in [0, 0.05) is 30.9 Å². The fraction of sp³-hybridized carbons (Fsp3) is 0.314. The number of anilines is 2. The summed E-state index contributed by atoms with van der Waals surface area (Å²) in [6.07, 6.45) is -0.317. The molecule has 0 unspecified atom stereocenters. The third kappa shape index (κ3) is 6.96. The molecule has 0 saturated carbocycles. The molecule has 3 atom stereocenters. The molecule has 230 valence electrons. The van der Waals surface area contributed by atoms with E-state index in [0.717, 1.165) is 22.1 Å². The second-order valence-corrected chi connectivity index (χ2v) is 11.5. The molecule has 0 aromatic heterocycles. The molecule has 0 bridgehead atoms. The number of carbonyl (C=O) groups excluding carboxylic acids is 2. The Bertz CT molecular complexity index is 1600. The highest BCUT2D eigenvalue weighted by Crippen LogP contribution is 2.35. The Morgan fingerprint density at radius 1 is 1.02 bits per heavy atom. The van der Waals surface area contributed by atoms with Crippen molar-refractivity contribution >= 4 is 34.1 Å². The number of nitrogens with one attached hydrogen (secondary N) is 2. The molecule has 0 fully saturated rings. The van der Waals surface area contributed by atoms with Crippen LogP contribution < -0.4 is 20.1 Å². The molecule has 1 aliphatic rings. The maximum Gasteiger partial charge on any atom is 0.323 e. The number of nitrogens with zero attached hydrogens (tertiary/aromatic N) is 2. The van der Waals surface area contributed by atoms with Gasteiger partial charge in [-0.3, -0.25) is 9.69 Å². The third-order valence-corrected chi connectivity index (χ3v) is 8.08.